The van der Waals surface area contributed by atoms with Crippen LogP contribution in [0, 0.1) is 0 Å². The van der Waals surface area contributed by atoms with E-state index in [1.165, 1.54) is 0 Å². The molecule has 82 valence electrons. The molecule has 0 fully saturated rings. The van der Waals surface area contributed by atoms with Crippen molar-refractivity contribution in [2.24, 2.45) is 11.5 Å². The molecule has 1 atom stereocenters. The minimum atomic E-state index is -0.0733. The third kappa shape index (κ3) is 7.54. The molecule has 0 amide bonds. The van der Waals surface area contributed by atoms with E-state index < -0.39 is 0 Å². The highest BCUT2D eigenvalue weighted by Crippen LogP contribution is 1.93. The smallest absolute Gasteiger partial charge is 0.305 e. The Bertz CT molecular complexity index is 187. The number of carbonyl (C=O) groups is 1. The quantitative estimate of drug-likeness (QED) is 0.161. The van der Waals surface area contributed by atoms with Crippen LogP contribution in [-0.4, -0.2) is 30.9 Å². The monoisotopic (exact) mass is 201 g/mol. The van der Waals surface area contributed by atoms with Gasteiger partial charge in [-0.25, -0.2) is 0 Å². The summed E-state index contributed by atoms with van der Waals surface area (Å²) in [6.07, 6.45) is 2.60. The maximum absolute atomic E-state index is 10.6. The first kappa shape index (κ1) is 12.9. The Morgan fingerprint density at radius 2 is 2.14 bits per heavy atom. The van der Waals surface area contributed by atoms with Crippen LogP contribution in [0.1, 0.15) is 26.7 Å². The van der Waals surface area contributed by atoms with E-state index in [0.717, 1.165) is 19.1 Å². The molecule has 0 aromatic heterocycles. The molecule has 0 radical (unpaired) electrons. The average molecular weight is 201 g/mol. The van der Waals surface area contributed by atoms with Gasteiger partial charge in [-0.1, -0.05) is 13.8 Å². The summed E-state index contributed by atoms with van der Waals surface area (Å²) in [4.78, 5) is 13.4. The summed E-state index contributed by atoms with van der Waals surface area (Å²) in [5.41, 5.74) is 10.4. The summed E-state index contributed by atoms with van der Waals surface area (Å²) in [7, 11) is 0. The molecule has 0 aromatic rings. The zero-order valence-electron chi connectivity index (χ0n) is 8.92. The number of nitrogens with two attached hydrogens (primary N) is 2. The molecule has 0 bridgehead atoms. The number of aldehydes is 1. The van der Waals surface area contributed by atoms with Gasteiger partial charge in [0.25, 0.3) is 0 Å². The molecule has 0 saturated carbocycles. The molecule has 0 rings (SSSR count). The van der Waals surface area contributed by atoms with Gasteiger partial charge in [-0.15, -0.1) is 0 Å². The lowest BCUT2D eigenvalue weighted by molar-refractivity contribution is -0.459. The highest BCUT2D eigenvalue weighted by molar-refractivity contribution is 5.69. The van der Waals surface area contributed by atoms with E-state index in [4.69, 9.17) is 11.5 Å². The highest BCUT2D eigenvalue weighted by atomic mass is 16.1. The van der Waals surface area contributed by atoms with Crippen molar-refractivity contribution in [2.45, 2.75) is 38.8 Å². The summed E-state index contributed by atoms with van der Waals surface area (Å²) in [5, 5.41) is 3.15. The molecule has 14 heavy (non-hydrogen) atoms. The molecular formula is C9H21N4O+. The Labute approximate surface area is 84.9 Å². The summed E-state index contributed by atoms with van der Waals surface area (Å²) >= 11 is 0. The van der Waals surface area contributed by atoms with Gasteiger partial charge < -0.3 is 10.1 Å². The van der Waals surface area contributed by atoms with Crippen LogP contribution >= 0.6 is 0 Å². The van der Waals surface area contributed by atoms with Crippen LogP contribution in [0.5, 0.6) is 0 Å². The van der Waals surface area contributed by atoms with Crippen LogP contribution in [-0.2, 0) is 4.79 Å². The van der Waals surface area contributed by atoms with Crippen molar-refractivity contribution in [3.05, 3.63) is 0 Å². The molecule has 0 heterocycles. The van der Waals surface area contributed by atoms with Crippen molar-refractivity contribution in [1.82, 2.24) is 5.32 Å². The van der Waals surface area contributed by atoms with Crippen molar-refractivity contribution in [1.29, 1.82) is 0 Å². The van der Waals surface area contributed by atoms with Gasteiger partial charge in [-0.3, -0.25) is 16.5 Å². The minimum Gasteiger partial charge on any atom is -0.305 e. The molecule has 6 N–H and O–H groups in total. The van der Waals surface area contributed by atoms with E-state index in [1.807, 2.05) is 13.8 Å². The first-order valence-electron chi connectivity index (χ1n) is 4.89. The van der Waals surface area contributed by atoms with Gasteiger partial charge in [0, 0.05) is 6.04 Å². The predicted molar refractivity (Wildman–Crippen MR) is 56.6 cm³/mol. The molecule has 5 heteroatoms. The largest absolute Gasteiger partial charge is 0.338 e. The second kappa shape index (κ2) is 7.32. The number of hydrogen-bond acceptors (Lipinski definition) is 2. The number of rotatable bonds is 7. The SMILES string of the molecule is CC(C)NC(C=O)CCC[NH+]=C(N)N. The Morgan fingerprint density at radius 1 is 1.50 bits per heavy atom. The average Bonchev–Trinajstić information content (AvgIpc) is 2.09. The molecule has 0 aliphatic heterocycles. The van der Waals surface area contributed by atoms with Crippen LogP contribution in [0.4, 0.5) is 0 Å². The summed E-state index contributed by atoms with van der Waals surface area (Å²) in [6.45, 7) is 4.73. The Kier molecular flexibility index (Phi) is 6.74. The van der Waals surface area contributed by atoms with Crippen molar-refractivity contribution in [3.63, 3.8) is 0 Å². The number of nitrogens with one attached hydrogen (secondary N) is 2. The second-order valence-electron chi connectivity index (χ2n) is 3.59. The molecule has 0 spiro atoms. The fourth-order valence-corrected chi connectivity index (χ4v) is 1.17. The standard InChI is InChI=1S/C9H20N4O/c1-7(2)13-8(6-14)4-3-5-12-9(10)11/h6-8,13H,3-5H2,1-2H3,(H4,10,11,12)/p+1. The number of hydrogen-bond donors (Lipinski definition) is 4. The molecule has 1 unspecified atom stereocenters. The molecule has 0 aromatic carbocycles. The van der Waals surface area contributed by atoms with Crippen molar-refractivity contribution in [2.75, 3.05) is 6.54 Å². The van der Waals surface area contributed by atoms with Crippen LogP contribution in [0.25, 0.3) is 0 Å². The minimum absolute atomic E-state index is 0.0733. The lowest BCUT2D eigenvalue weighted by atomic mass is 10.1. The van der Waals surface area contributed by atoms with E-state index in [1.54, 1.807) is 0 Å². The maximum Gasteiger partial charge on any atom is 0.338 e. The fraction of sp³-hybridized carbons (Fsp3) is 0.778. The van der Waals surface area contributed by atoms with Crippen molar-refractivity contribution >= 4 is 12.2 Å². The third-order valence-electron chi connectivity index (χ3n) is 1.73. The zero-order chi connectivity index (χ0) is 11.0. The maximum atomic E-state index is 10.6. The fourth-order valence-electron chi connectivity index (χ4n) is 1.17. The van der Waals surface area contributed by atoms with Crippen LogP contribution in [0.3, 0.4) is 0 Å². The van der Waals surface area contributed by atoms with Crippen LogP contribution in [0.2, 0.25) is 0 Å². The predicted octanol–water partition coefficient (Wildman–Crippen LogP) is -2.31. The van der Waals surface area contributed by atoms with Gasteiger partial charge in [-0.05, 0) is 12.8 Å². The molecule has 0 saturated heterocycles. The van der Waals surface area contributed by atoms with Gasteiger partial charge >= 0.3 is 5.96 Å². The first-order chi connectivity index (χ1) is 6.56. The normalized spacial score (nSPS) is 12.5. The summed E-state index contributed by atoms with van der Waals surface area (Å²) < 4.78 is 0. The van der Waals surface area contributed by atoms with Gasteiger partial charge in [0.1, 0.15) is 6.29 Å². The summed E-state index contributed by atoms with van der Waals surface area (Å²) in [5.74, 6) is 0.226. The number of carbonyl (C=O) groups excluding carboxylic acids is 1. The highest BCUT2D eigenvalue weighted by Gasteiger charge is 2.07. The number of guanidine groups is 1. The first-order valence-corrected chi connectivity index (χ1v) is 4.89. The van der Waals surface area contributed by atoms with E-state index in [9.17, 15) is 4.79 Å². The molecule has 0 aliphatic rings. The molecule has 0 aliphatic carbocycles. The molecule has 5 nitrogen and oxygen atoms in total. The Balaban J connectivity index is 3.63. The Hall–Kier alpha value is -1.10. The van der Waals surface area contributed by atoms with Crippen molar-refractivity contribution < 1.29 is 9.79 Å². The van der Waals surface area contributed by atoms with E-state index in [2.05, 4.69) is 10.3 Å². The Morgan fingerprint density at radius 3 is 2.57 bits per heavy atom. The zero-order valence-corrected chi connectivity index (χ0v) is 8.92. The van der Waals surface area contributed by atoms with E-state index in [0.29, 0.717) is 12.6 Å². The summed E-state index contributed by atoms with van der Waals surface area (Å²) in [6, 6.07) is 0.250. The lowest BCUT2D eigenvalue weighted by Crippen LogP contribution is -2.78. The van der Waals surface area contributed by atoms with Crippen LogP contribution < -0.4 is 21.8 Å². The molecular weight excluding hydrogens is 180 g/mol. The third-order valence-corrected chi connectivity index (χ3v) is 1.73. The van der Waals surface area contributed by atoms with Crippen molar-refractivity contribution in [3.8, 4) is 0 Å². The topological polar surface area (TPSA) is 95.1 Å². The van der Waals surface area contributed by atoms with Crippen LogP contribution in [0.15, 0.2) is 0 Å². The lowest BCUT2D eigenvalue weighted by Gasteiger charge is -2.14. The van der Waals surface area contributed by atoms with Gasteiger partial charge in [0.15, 0.2) is 0 Å². The van der Waals surface area contributed by atoms with Gasteiger partial charge in [-0.2, -0.15) is 0 Å². The van der Waals surface area contributed by atoms with Gasteiger partial charge in [0.2, 0.25) is 0 Å². The van der Waals surface area contributed by atoms with E-state index in [-0.39, 0.29) is 12.0 Å². The second-order valence-corrected chi connectivity index (χ2v) is 3.59. The van der Waals surface area contributed by atoms with E-state index >= 15 is 0 Å². The van der Waals surface area contributed by atoms with Gasteiger partial charge in [0.05, 0.1) is 12.6 Å².